The lowest BCUT2D eigenvalue weighted by Crippen LogP contribution is -2.30. The molecule has 0 unspecified atom stereocenters. The summed E-state index contributed by atoms with van der Waals surface area (Å²) in [7, 11) is 1.61. The van der Waals surface area contributed by atoms with Gasteiger partial charge in [0.2, 0.25) is 5.91 Å². The fourth-order valence-corrected chi connectivity index (χ4v) is 4.22. The van der Waals surface area contributed by atoms with Gasteiger partial charge in [0.25, 0.3) is 5.56 Å². The third kappa shape index (κ3) is 4.67. The van der Waals surface area contributed by atoms with Crippen molar-refractivity contribution in [1.29, 1.82) is 0 Å². The lowest BCUT2D eigenvalue weighted by atomic mass is 10.1. The van der Waals surface area contributed by atoms with Crippen LogP contribution in [-0.4, -0.2) is 28.3 Å². The molecule has 7 heteroatoms. The van der Waals surface area contributed by atoms with Crippen LogP contribution in [-0.2, 0) is 4.79 Å². The first kappa shape index (κ1) is 21.9. The minimum Gasteiger partial charge on any atom is -0.496 e. The first-order chi connectivity index (χ1) is 14.5. The number of hydrogen-bond donors (Lipinski definition) is 1. The molecule has 1 amide bonds. The summed E-state index contributed by atoms with van der Waals surface area (Å²) in [4.78, 5) is 30.3. The number of methoxy groups -OCH3 is 1. The van der Waals surface area contributed by atoms with Gasteiger partial charge in [0.15, 0.2) is 5.16 Å². The number of carbonyl (C=O) groups is 1. The highest BCUT2D eigenvalue weighted by molar-refractivity contribution is 7.99. The molecule has 1 aromatic heterocycles. The topological polar surface area (TPSA) is 73.2 Å². The number of carbonyl (C=O) groups excluding carboxylic acids is 1. The summed E-state index contributed by atoms with van der Waals surface area (Å²) in [5.74, 6) is 0.775. The zero-order valence-corrected chi connectivity index (χ0v) is 18.5. The first-order valence-electron chi connectivity index (χ1n) is 10.0. The third-order valence-corrected chi connectivity index (χ3v) is 6.08. The summed E-state index contributed by atoms with van der Waals surface area (Å²) in [6.45, 7) is 5.94. The van der Waals surface area contributed by atoms with Crippen LogP contribution >= 0.6 is 11.8 Å². The van der Waals surface area contributed by atoms with E-state index in [1.54, 1.807) is 17.7 Å². The van der Waals surface area contributed by atoms with Crippen LogP contribution in [0.25, 0.3) is 10.9 Å². The van der Waals surface area contributed by atoms with Gasteiger partial charge in [-0.15, -0.1) is 0 Å². The van der Waals surface area contributed by atoms with Gasteiger partial charge in [-0.1, -0.05) is 49.0 Å². The van der Waals surface area contributed by atoms with Gasteiger partial charge in [0.05, 0.1) is 29.8 Å². The molecular weight excluding hydrogens is 398 g/mol. The Labute approximate surface area is 180 Å². The molecule has 0 spiro atoms. The van der Waals surface area contributed by atoms with E-state index in [4.69, 9.17) is 4.74 Å². The summed E-state index contributed by atoms with van der Waals surface area (Å²) < 4.78 is 7.08. The number of nitrogens with zero attached hydrogens (tertiary/aromatic N) is 2. The Morgan fingerprint density at radius 1 is 1.17 bits per heavy atom. The molecule has 0 bridgehead atoms. The zero-order chi connectivity index (χ0) is 21.7. The number of rotatable bonds is 8. The molecule has 0 aliphatic heterocycles. The molecule has 30 heavy (non-hydrogen) atoms. The van der Waals surface area contributed by atoms with Crippen molar-refractivity contribution >= 4 is 28.6 Å². The van der Waals surface area contributed by atoms with Gasteiger partial charge in [-0.05, 0) is 38.5 Å². The Kier molecular flexibility index (Phi) is 7.15. The average molecular weight is 426 g/mol. The largest absolute Gasteiger partial charge is 0.496 e. The van der Waals surface area contributed by atoms with E-state index in [0.717, 1.165) is 17.7 Å². The van der Waals surface area contributed by atoms with Gasteiger partial charge < -0.3 is 10.1 Å². The predicted octanol–water partition coefficient (Wildman–Crippen LogP) is 4.35. The zero-order valence-electron chi connectivity index (χ0n) is 17.7. The Bertz CT molecular complexity index is 1100. The van der Waals surface area contributed by atoms with Crippen LogP contribution < -0.4 is 15.6 Å². The van der Waals surface area contributed by atoms with E-state index in [1.807, 2.05) is 63.2 Å². The summed E-state index contributed by atoms with van der Waals surface area (Å²) >= 11 is 1.28. The highest BCUT2D eigenvalue weighted by atomic mass is 32.2. The van der Waals surface area contributed by atoms with E-state index in [9.17, 15) is 9.59 Å². The maximum atomic E-state index is 13.0. The summed E-state index contributed by atoms with van der Waals surface area (Å²) in [5, 5.41) is 4.16. The van der Waals surface area contributed by atoms with E-state index in [1.165, 1.54) is 11.8 Å². The fraction of sp³-hybridized carbons (Fsp3) is 0.348. The molecule has 158 valence electrons. The second kappa shape index (κ2) is 9.80. The van der Waals surface area contributed by atoms with Crippen molar-refractivity contribution in [3.8, 4) is 5.75 Å². The Hall–Kier alpha value is -2.80. The molecule has 0 aliphatic carbocycles. The molecule has 3 aromatic rings. The number of ether oxygens (including phenoxy) is 1. The van der Waals surface area contributed by atoms with Crippen LogP contribution in [0, 0.1) is 0 Å². The summed E-state index contributed by atoms with van der Waals surface area (Å²) in [6, 6.07) is 14.7. The number of hydrogen-bond acceptors (Lipinski definition) is 5. The molecule has 1 heterocycles. The fourth-order valence-electron chi connectivity index (χ4n) is 3.31. The van der Waals surface area contributed by atoms with Gasteiger partial charge in [-0.2, -0.15) is 0 Å². The minimum atomic E-state index is -0.199. The van der Waals surface area contributed by atoms with Gasteiger partial charge in [-0.25, -0.2) is 4.98 Å². The second-order valence-corrected chi connectivity index (χ2v) is 8.11. The highest BCUT2D eigenvalue weighted by Crippen LogP contribution is 2.25. The number of nitrogens with one attached hydrogen (secondary N) is 1. The molecule has 0 fully saturated rings. The normalized spacial score (nSPS) is 13.1. The van der Waals surface area contributed by atoms with Crippen LogP contribution in [0.15, 0.2) is 58.5 Å². The molecule has 6 nitrogen and oxygen atoms in total. The van der Waals surface area contributed by atoms with Crippen LogP contribution in [0.4, 0.5) is 0 Å². The maximum Gasteiger partial charge on any atom is 0.262 e. The van der Waals surface area contributed by atoms with Crippen molar-refractivity contribution < 1.29 is 9.53 Å². The maximum absolute atomic E-state index is 13.0. The minimum absolute atomic E-state index is 0.00679. The van der Waals surface area contributed by atoms with Crippen molar-refractivity contribution in [1.82, 2.24) is 14.9 Å². The Morgan fingerprint density at radius 3 is 2.60 bits per heavy atom. The van der Waals surface area contributed by atoms with Gasteiger partial charge in [0.1, 0.15) is 5.75 Å². The molecule has 1 N–H and O–H groups in total. The van der Waals surface area contributed by atoms with Crippen molar-refractivity contribution in [2.75, 3.05) is 12.9 Å². The number of amides is 1. The van der Waals surface area contributed by atoms with Crippen molar-refractivity contribution in [3.63, 3.8) is 0 Å². The number of benzene rings is 2. The molecule has 0 saturated carbocycles. The molecule has 2 atom stereocenters. The Morgan fingerprint density at radius 2 is 1.87 bits per heavy atom. The monoisotopic (exact) mass is 425 g/mol. The van der Waals surface area contributed by atoms with Crippen molar-refractivity contribution in [2.24, 2.45) is 0 Å². The van der Waals surface area contributed by atoms with Gasteiger partial charge in [0, 0.05) is 11.6 Å². The summed E-state index contributed by atoms with van der Waals surface area (Å²) in [6.07, 6.45) is 0.796. The molecule has 2 aromatic carbocycles. The highest BCUT2D eigenvalue weighted by Gasteiger charge is 2.18. The quantitative estimate of drug-likeness (QED) is 0.429. The molecule has 0 radical (unpaired) electrons. The molecule has 0 saturated heterocycles. The lowest BCUT2D eigenvalue weighted by Gasteiger charge is -2.19. The average Bonchev–Trinajstić information content (AvgIpc) is 2.77. The van der Waals surface area contributed by atoms with E-state index in [2.05, 4.69) is 10.3 Å². The van der Waals surface area contributed by atoms with Crippen LogP contribution in [0.3, 0.4) is 0 Å². The lowest BCUT2D eigenvalue weighted by molar-refractivity contribution is -0.119. The van der Waals surface area contributed by atoms with E-state index in [0.29, 0.717) is 16.1 Å². The van der Waals surface area contributed by atoms with Gasteiger partial charge in [-0.3, -0.25) is 14.2 Å². The van der Waals surface area contributed by atoms with E-state index < -0.39 is 0 Å². The first-order valence-corrected chi connectivity index (χ1v) is 11.0. The standard InChI is InChI=1S/C23H27N3O3S/c1-5-15(2)26-22(28)18-11-6-8-12-19(18)25-23(26)30-14-21(27)24-16(3)17-10-7-9-13-20(17)29-4/h6-13,15-16H,5,14H2,1-4H3,(H,24,27)/t15-,16+/m1/s1. The van der Waals surface area contributed by atoms with Crippen molar-refractivity contribution in [3.05, 3.63) is 64.4 Å². The number of thioether (sulfide) groups is 1. The molecular formula is C23H27N3O3S. The molecule has 3 rings (SSSR count). The van der Waals surface area contributed by atoms with Crippen molar-refractivity contribution in [2.45, 2.75) is 44.4 Å². The second-order valence-electron chi connectivity index (χ2n) is 7.16. The van der Waals surface area contributed by atoms with E-state index in [-0.39, 0.29) is 29.3 Å². The Balaban J connectivity index is 1.79. The van der Waals surface area contributed by atoms with Crippen LogP contribution in [0.5, 0.6) is 5.75 Å². The number of aromatic nitrogens is 2. The molecule has 0 aliphatic rings. The predicted molar refractivity (Wildman–Crippen MR) is 121 cm³/mol. The summed E-state index contributed by atoms with van der Waals surface area (Å²) in [5.41, 5.74) is 1.49. The van der Waals surface area contributed by atoms with Gasteiger partial charge >= 0.3 is 0 Å². The SMILES string of the molecule is CC[C@@H](C)n1c(SCC(=O)N[C@@H](C)c2ccccc2OC)nc2ccccc2c1=O. The van der Waals surface area contributed by atoms with E-state index >= 15 is 0 Å². The van der Waals surface area contributed by atoms with Crippen LogP contribution in [0.2, 0.25) is 0 Å². The third-order valence-electron chi connectivity index (χ3n) is 5.12. The van der Waals surface area contributed by atoms with Crippen LogP contribution in [0.1, 0.15) is 44.8 Å². The number of para-hydroxylation sites is 2. The number of fused-ring (bicyclic) bond motifs is 1. The smallest absolute Gasteiger partial charge is 0.262 e.